The quantitative estimate of drug-likeness (QED) is 0.506. The summed E-state index contributed by atoms with van der Waals surface area (Å²) in [5, 5.41) is 0. The Hall–Kier alpha value is -3.45. The Morgan fingerprint density at radius 2 is 1.88 bits per heavy atom. The fraction of sp³-hybridized carbons (Fsp3) is 0.296. The lowest BCUT2D eigenvalue weighted by molar-refractivity contribution is -0.139. The first kappa shape index (κ1) is 23.7. The molecule has 2 aromatic carbocycles. The molecule has 1 aliphatic rings. The van der Waals surface area contributed by atoms with Gasteiger partial charge in [0.2, 0.25) is 0 Å². The molecule has 0 fully saturated rings. The van der Waals surface area contributed by atoms with Crippen molar-refractivity contribution in [2.75, 3.05) is 13.7 Å². The molecule has 2 heterocycles. The molecule has 34 heavy (non-hydrogen) atoms. The van der Waals surface area contributed by atoms with Crippen LogP contribution in [0.1, 0.15) is 56.3 Å². The molecule has 0 spiro atoms. The first-order valence-corrected chi connectivity index (χ1v) is 12.1. The third-order valence-electron chi connectivity index (χ3n) is 5.86. The predicted molar refractivity (Wildman–Crippen MR) is 134 cm³/mol. The Bertz CT molecular complexity index is 1430. The van der Waals surface area contributed by atoms with Gasteiger partial charge in [-0.15, -0.1) is 0 Å². The number of nitrogens with zero attached hydrogens (tertiary/aromatic N) is 2. The number of thiazole rings is 1. The van der Waals surface area contributed by atoms with Crippen molar-refractivity contribution in [3.63, 3.8) is 0 Å². The molecule has 7 heteroatoms. The maximum Gasteiger partial charge on any atom is 0.338 e. The summed E-state index contributed by atoms with van der Waals surface area (Å²) in [7, 11) is 1.60. The van der Waals surface area contributed by atoms with Crippen LogP contribution in [0.25, 0.3) is 6.08 Å². The monoisotopic (exact) mass is 476 g/mol. The van der Waals surface area contributed by atoms with Crippen LogP contribution >= 0.6 is 11.3 Å². The zero-order chi connectivity index (χ0) is 24.4. The standard InChI is InChI=1S/C27H28N2O4S/c1-6-33-26(31)23-17(4)28-27-29(24(23)19-13-11-18(12-14-19)16(2)3)25(30)22(34-27)15-20-9-7-8-10-21(20)32-5/h7-16,24H,6H2,1-5H3. The zero-order valence-corrected chi connectivity index (χ0v) is 20.8. The molecule has 0 amide bonds. The summed E-state index contributed by atoms with van der Waals surface area (Å²) >= 11 is 1.30. The third-order valence-corrected chi connectivity index (χ3v) is 6.84. The van der Waals surface area contributed by atoms with Gasteiger partial charge in [0.25, 0.3) is 5.56 Å². The molecule has 0 N–H and O–H groups in total. The summed E-state index contributed by atoms with van der Waals surface area (Å²) in [6.45, 7) is 8.06. The van der Waals surface area contributed by atoms with Crippen LogP contribution in [0, 0.1) is 0 Å². The molecule has 3 aromatic rings. The molecule has 1 atom stereocenters. The van der Waals surface area contributed by atoms with E-state index in [4.69, 9.17) is 9.47 Å². The highest BCUT2D eigenvalue weighted by atomic mass is 32.1. The largest absolute Gasteiger partial charge is 0.496 e. The summed E-state index contributed by atoms with van der Waals surface area (Å²) in [6.07, 6.45) is 1.81. The number of hydrogen-bond acceptors (Lipinski definition) is 6. The van der Waals surface area contributed by atoms with Gasteiger partial charge < -0.3 is 9.47 Å². The summed E-state index contributed by atoms with van der Waals surface area (Å²) in [5.74, 6) is 0.594. The van der Waals surface area contributed by atoms with E-state index in [1.807, 2.05) is 54.6 Å². The van der Waals surface area contributed by atoms with Crippen LogP contribution in [0.3, 0.4) is 0 Å². The van der Waals surface area contributed by atoms with Gasteiger partial charge >= 0.3 is 5.97 Å². The number of para-hydroxylation sites is 1. The highest BCUT2D eigenvalue weighted by molar-refractivity contribution is 7.07. The van der Waals surface area contributed by atoms with Gasteiger partial charge in [0, 0.05) is 5.56 Å². The van der Waals surface area contributed by atoms with E-state index in [1.165, 1.54) is 16.9 Å². The first-order chi connectivity index (χ1) is 16.3. The number of methoxy groups -OCH3 is 1. The Morgan fingerprint density at radius 3 is 2.53 bits per heavy atom. The number of carbonyl (C=O) groups is 1. The molecule has 4 rings (SSSR count). The van der Waals surface area contributed by atoms with Gasteiger partial charge in [-0.05, 0) is 43.0 Å². The van der Waals surface area contributed by atoms with Gasteiger partial charge in [-0.1, -0.05) is 67.6 Å². The van der Waals surface area contributed by atoms with Crippen molar-refractivity contribution in [2.45, 2.75) is 39.7 Å². The second kappa shape index (κ2) is 9.81. The Labute approximate surface area is 202 Å². The second-order valence-corrected chi connectivity index (χ2v) is 9.37. The van der Waals surface area contributed by atoms with Crippen LogP contribution in [0.15, 0.2) is 69.6 Å². The minimum atomic E-state index is -0.615. The van der Waals surface area contributed by atoms with Crippen LogP contribution in [0.2, 0.25) is 0 Å². The van der Waals surface area contributed by atoms with Gasteiger partial charge in [-0.2, -0.15) is 0 Å². The number of allylic oxidation sites excluding steroid dienone is 1. The fourth-order valence-electron chi connectivity index (χ4n) is 4.10. The molecule has 1 unspecified atom stereocenters. The molecule has 6 nitrogen and oxygen atoms in total. The fourth-order valence-corrected chi connectivity index (χ4v) is 5.13. The number of rotatable bonds is 6. The van der Waals surface area contributed by atoms with Gasteiger partial charge in [0.15, 0.2) is 4.80 Å². The SMILES string of the molecule is CCOC(=O)C1=C(C)N=c2sc(=Cc3ccccc3OC)c(=O)n2C1c1ccc(C(C)C)cc1. The topological polar surface area (TPSA) is 69.9 Å². The van der Waals surface area contributed by atoms with Crippen LogP contribution in [0.5, 0.6) is 5.75 Å². The van der Waals surface area contributed by atoms with Crippen molar-refractivity contribution in [2.24, 2.45) is 4.99 Å². The average molecular weight is 477 g/mol. The number of aromatic nitrogens is 1. The van der Waals surface area contributed by atoms with Crippen LogP contribution < -0.4 is 19.6 Å². The average Bonchev–Trinajstić information content (AvgIpc) is 3.13. The van der Waals surface area contributed by atoms with Crippen LogP contribution in [-0.4, -0.2) is 24.3 Å². The summed E-state index contributed by atoms with van der Waals surface area (Å²) < 4.78 is 12.9. The van der Waals surface area contributed by atoms with E-state index in [0.717, 1.165) is 11.1 Å². The van der Waals surface area contributed by atoms with E-state index in [2.05, 4.69) is 18.8 Å². The molecule has 0 saturated carbocycles. The van der Waals surface area contributed by atoms with Gasteiger partial charge in [0.05, 0.1) is 35.6 Å². The molecule has 0 saturated heterocycles. The number of benzene rings is 2. The smallest absolute Gasteiger partial charge is 0.338 e. The van der Waals surface area contributed by atoms with Crippen molar-refractivity contribution >= 4 is 23.4 Å². The van der Waals surface area contributed by atoms with Gasteiger partial charge in [-0.3, -0.25) is 9.36 Å². The summed E-state index contributed by atoms with van der Waals surface area (Å²) in [4.78, 5) is 31.8. The van der Waals surface area contributed by atoms with Gasteiger partial charge in [-0.25, -0.2) is 9.79 Å². The lowest BCUT2D eigenvalue weighted by Gasteiger charge is -2.25. The van der Waals surface area contributed by atoms with E-state index in [9.17, 15) is 9.59 Å². The maximum absolute atomic E-state index is 13.7. The maximum atomic E-state index is 13.7. The summed E-state index contributed by atoms with van der Waals surface area (Å²) in [5.41, 5.74) is 3.56. The number of fused-ring (bicyclic) bond motifs is 1. The molecule has 1 aromatic heterocycles. The highest BCUT2D eigenvalue weighted by Crippen LogP contribution is 2.31. The van der Waals surface area contributed by atoms with E-state index < -0.39 is 12.0 Å². The van der Waals surface area contributed by atoms with Crippen molar-refractivity contribution in [3.8, 4) is 5.75 Å². The number of carbonyl (C=O) groups excluding carboxylic acids is 1. The Balaban J connectivity index is 1.95. The number of ether oxygens (including phenoxy) is 2. The molecular formula is C27H28N2O4S. The van der Waals surface area contributed by atoms with Gasteiger partial charge in [0.1, 0.15) is 5.75 Å². The zero-order valence-electron chi connectivity index (χ0n) is 20.0. The Morgan fingerprint density at radius 1 is 1.18 bits per heavy atom. The molecule has 176 valence electrons. The minimum absolute atomic E-state index is 0.207. The van der Waals surface area contributed by atoms with E-state index >= 15 is 0 Å². The van der Waals surface area contributed by atoms with E-state index in [0.29, 0.717) is 32.3 Å². The third kappa shape index (κ3) is 4.35. The van der Waals surface area contributed by atoms with E-state index in [-0.39, 0.29) is 12.2 Å². The molecular weight excluding hydrogens is 448 g/mol. The lowest BCUT2D eigenvalue weighted by Crippen LogP contribution is -2.39. The van der Waals surface area contributed by atoms with Crippen molar-refractivity contribution < 1.29 is 14.3 Å². The van der Waals surface area contributed by atoms with Crippen molar-refractivity contribution in [1.82, 2.24) is 4.57 Å². The molecule has 0 bridgehead atoms. The molecule has 0 aliphatic carbocycles. The second-order valence-electron chi connectivity index (χ2n) is 8.37. The molecule has 1 aliphatic heterocycles. The first-order valence-electron chi connectivity index (χ1n) is 11.3. The lowest BCUT2D eigenvalue weighted by atomic mass is 9.93. The Kier molecular flexibility index (Phi) is 6.84. The van der Waals surface area contributed by atoms with Crippen molar-refractivity contribution in [3.05, 3.63) is 96.2 Å². The highest BCUT2D eigenvalue weighted by Gasteiger charge is 2.33. The van der Waals surface area contributed by atoms with Crippen molar-refractivity contribution in [1.29, 1.82) is 0 Å². The van der Waals surface area contributed by atoms with Crippen LogP contribution in [-0.2, 0) is 9.53 Å². The minimum Gasteiger partial charge on any atom is -0.496 e. The normalized spacial score (nSPS) is 15.8. The number of esters is 1. The molecule has 0 radical (unpaired) electrons. The van der Waals surface area contributed by atoms with E-state index in [1.54, 1.807) is 25.5 Å². The van der Waals surface area contributed by atoms with Crippen LogP contribution in [0.4, 0.5) is 0 Å². The number of hydrogen-bond donors (Lipinski definition) is 0. The summed E-state index contributed by atoms with van der Waals surface area (Å²) in [6, 6.07) is 15.0. The predicted octanol–water partition coefficient (Wildman–Crippen LogP) is 3.93.